The van der Waals surface area contributed by atoms with Gasteiger partial charge in [-0.3, -0.25) is 19.2 Å². The highest BCUT2D eigenvalue weighted by Crippen LogP contribution is 2.47. The molecule has 0 fully saturated rings. The highest BCUT2D eigenvalue weighted by molar-refractivity contribution is 6.03. The molecule has 60 heavy (non-hydrogen) atoms. The summed E-state index contributed by atoms with van der Waals surface area (Å²) in [7, 11) is 0. The lowest BCUT2D eigenvalue weighted by atomic mass is 9.81. The smallest absolute Gasteiger partial charge is 0.326 e. The van der Waals surface area contributed by atoms with E-state index in [1.54, 1.807) is 0 Å². The van der Waals surface area contributed by atoms with Crippen molar-refractivity contribution in [2.75, 3.05) is 18.0 Å². The van der Waals surface area contributed by atoms with Crippen molar-refractivity contribution >= 4 is 52.8 Å². The number of amides is 2. The maximum Gasteiger partial charge on any atom is 0.326 e. The third-order valence-electron chi connectivity index (χ3n) is 10.9. The molecule has 14 nitrogen and oxygen atoms in total. The maximum absolute atomic E-state index is 12.4. The molecule has 14 heteroatoms. The van der Waals surface area contributed by atoms with Gasteiger partial charge in [0.1, 0.15) is 18.6 Å². The van der Waals surface area contributed by atoms with Crippen LogP contribution in [0.25, 0.3) is 0 Å². The first-order valence-electron chi connectivity index (χ1n) is 20.2. The molecular formula is C46H57N4O10+. The van der Waals surface area contributed by atoms with Gasteiger partial charge in [-0.25, -0.2) is 9.59 Å². The molecule has 2 aromatic carbocycles. The molecule has 0 aromatic heterocycles. The van der Waals surface area contributed by atoms with Gasteiger partial charge in [-0.1, -0.05) is 80.1 Å². The van der Waals surface area contributed by atoms with Crippen molar-refractivity contribution in [1.82, 2.24) is 10.6 Å². The van der Waals surface area contributed by atoms with E-state index in [2.05, 4.69) is 84.2 Å². The molecule has 2 aliphatic rings. The molecule has 0 radical (unpaired) electrons. The largest absolute Gasteiger partial charge is 0.481 e. The third-order valence-corrected chi connectivity index (χ3v) is 10.9. The molecule has 2 aliphatic heterocycles. The van der Waals surface area contributed by atoms with Gasteiger partial charge in [0.15, 0.2) is 5.71 Å². The maximum atomic E-state index is 12.4. The number of hydrogen-bond donors (Lipinski definition) is 6. The first-order chi connectivity index (χ1) is 28.3. The number of nitrogens with one attached hydrogen (secondary N) is 2. The highest BCUT2D eigenvalue weighted by atomic mass is 16.4. The molecule has 0 saturated heterocycles. The lowest BCUT2D eigenvalue weighted by Gasteiger charge is -2.27. The number of hydrogen-bond acceptors (Lipinski definition) is 7. The summed E-state index contributed by atoms with van der Waals surface area (Å²) in [6, 6.07) is 13.5. The number of carbonyl (C=O) groups excluding carboxylic acids is 2. The van der Waals surface area contributed by atoms with Crippen LogP contribution in [-0.4, -0.2) is 91.6 Å². The van der Waals surface area contributed by atoms with Crippen LogP contribution in [0.5, 0.6) is 0 Å². The fraction of sp³-hybridized carbons (Fsp3) is 0.413. The van der Waals surface area contributed by atoms with E-state index < -0.39 is 60.6 Å². The summed E-state index contributed by atoms with van der Waals surface area (Å²) in [5.74, 6) is -6.38. The number of benzene rings is 2. The monoisotopic (exact) mass is 825 g/mol. The summed E-state index contributed by atoms with van der Waals surface area (Å²) >= 11 is 0. The standard InChI is InChI=1S/C46H56N4O10/c1-30(16-14-22-37-45(2,3)31-18-6-8-20-35(31)49(37)26-12-10-24-39(51)47-33(43(57)58)28-41(53)54)17-15-23-38-46(4,5)32-19-7-9-21-36(32)50(38)27-13-11-25-40(52)48-34(44(59)60)29-42(55)56/h6-9,14-23,33-34H,10-13,24-29H2,1-5H3,(H5-,47,48,51,52,53,54,55,56,57,58,59,60)/p+1. The second-order valence-electron chi connectivity index (χ2n) is 16.2. The molecule has 2 aromatic rings. The Morgan fingerprint density at radius 2 is 1.27 bits per heavy atom. The fourth-order valence-corrected chi connectivity index (χ4v) is 7.79. The predicted octanol–water partition coefficient (Wildman–Crippen LogP) is 6.23. The number of nitrogens with zero attached hydrogens (tertiary/aromatic N) is 2. The van der Waals surface area contributed by atoms with Crippen LogP contribution >= 0.6 is 0 Å². The van der Waals surface area contributed by atoms with E-state index in [1.165, 1.54) is 11.1 Å². The fourth-order valence-electron chi connectivity index (χ4n) is 7.79. The van der Waals surface area contributed by atoms with Crippen molar-refractivity contribution in [3.8, 4) is 0 Å². The van der Waals surface area contributed by atoms with Crippen LogP contribution < -0.4 is 15.5 Å². The molecule has 2 unspecified atom stereocenters. The van der Waals surface area contributed by atoms with Gasteiger partial charge in [-0.15, -0.1) is 0 Å². The van der Waals surface area contributed by atoms with Crippen molar-refractivity contribution in [2.24, 2.45) is 0 Å². The number of carboxylic acids is 4. The number of unbranched alkanes of at least 4 members (excludes halogenated alkanes) is 2. The molecular weight excluding hydrogens is 769 g/mol. The first kappa shape index (κ1) is 46.4. The Labute approximate surface area is 350 Å². The van der Waals surface area contributed by atoms with Crippen LogP contribution in [0.1, 0.15) is 97.1 Å². The van der Waals surface area contributed by atoms with Crippen molar-refractivity contribution in [2.45, 2.75) is 109 Å². The minimum Gasteiger partial charge on any atom is -0.481 e. The summed E-state index contributed by atoms with van der Waals surface area (Å²) < 4.78 is 2.25. The Morgan fingerprint density at radius 1 is 0.717 bits per heavy atom. The first-order valence-corrected chi connectivity index (χ1v) is 20.2. The third kappa shape index (κ3) is 11.9. The Kier molecular flexibility index (Phi) is 15.9. The number of carboxylic acid groups (broad SMARTS) is 4. The van der Waals surface area contributed by atoms with Crippen molar-refractivity contribution in [1.29, 1.82) is 0 Å². The lowest BCUT2D eigenvalue weighted by molar-refractivity contribution is -0.438. The average Bonchev–Trinajstić information content (AvgIpc) is 3.52. The van der Waals surface area contributed by atoms with Gasteiger partial charge in [-0.05, 0) is 57.7 Å². The molecule has 2 heterocycles. The van der Waals surface area contributed by atoms with Gasteiger partial charge in [0.05, 0.1) is 18.3 Å². The van der Waals surface area contributed by atoms with E-state index in [4.69, 9.17) is 10.2 Å². The Bertz CT molecular complexity index is 2130. The summed E-state index contributed by atoms with van der Waals surface area (Å²) in [4.78, 5) is 71.9. The Hall–Kier alpha value is -6.31. The number of fused-ring (bicyclic) bond motifs is 2. The molecule has 6 N–H and O–H groups in total. The summed E-state index contributed by atoms with van der Waals surface area (Å²) in [5.41, 5.74) is 7.15. The molecule has 2 amide bonds. The molecule has 0 bridgehead atoms. The number of rotatable bonds is 22. The van der Waals surface area contributed by atoms with E-state index >= 15 is 0 Å². The number of aliphatic carboxylic acids is 4. The van der Waals surface area contributed by atoms with Crippen LogP contribution in [-0.2, 0) is 39.6 Å². The van der Waals surface area contributed by atoms with Gasteiger partial charge in [0, 0.05) is 60.3 Å². The molecule has 320 valence electrons. The number of anilines is 1. The summed E-state index contributed by atoms with van der Waals surface area (Å²) in [5, 5.41) is 41.1. The Morgan fingerprint density at radius 3 is 1.85 bits per heavy atom. The zero-order valence-electron chi connectivity index (χ0n) is 34.9. The van der Waals surface area contributed by atoms with E-state index in [9.17, 15) is 39.0 Å². The molecule has 4 rings (SSSR count). The minimum atomic E-state index is -1.47. The molecule has 0 saturated carbocycles. The molecule has 0 aliphatic carbocycles. The van der Waals surface area contributed by atoms with Crippen molar-refractivity contribution < 1.29 is 53.8 Å². The normalized spacial score (nSPS) is 17.1. The Balaban J connectivity index is 1.44. The topological polar surface area (TPSA) is 214 Å². The second-order valence-corrected chi connectivity index (χ2v) is 16.2. The number of carbonyl (C=O) groups is 6. The lowest BCUT2D eigenvalue weighted by Crippen LogP contribution is -2.42. The van der Waals surface area contributed by atoms with Gasteiger partial charge in [0.25, 0.3) is 0 Å². The van der Waals surface area contributed by atoms with E-state index in [0.29, 0.717) is 38.8 Å². The summed E-state index contributed by atoms with van der Waals surface area (Å²) in [6.07, 6.45) is 13.4. The van der Waals surface area contributed by atoms with Gasteiger partial charge in [-0.2, -0.15) is 4.58 Å². The number of para-hydroxylation sites is 2. The van der Waals surface area contributed by atoms with E-state index in [-0.39, 0.29) is 23.7 Å². The average molecular weight is 826 g/mol. The van der Waals surface area contributed by atoms with Crippen LogP contribution in [0, 0.1) is 0 Å². The molecule has 0 spiro atoms. The quantitative estimate of drug-likeness (QED) is 0.0445. The van der Waals surface area contributed by atoms with E-state index in [1.807, 2.05) is 55.5 Å². The number of allylic oxidation sites excluding steroid dienone is 8. The van der Waals surface area contributed by atoms with Gasteiger partial charge in [0.2, 0.25) is 17.5 Å². The van der Waals surface area contributed by atoms with Crippen LogP contribution in [0.2, 0.25) is 0 Å². The van der Waals surface area contributed by atoms with Crippen LogP contribution in [0.3, 0.4) is 0 Å². The van der Waals surface area contributed by atoms with E-state index in [0.717, 1.165) is 28.4 Å². The zero-order chi connectivity index (χ0) is 44.2. The van der Waals surface area contributed by atoms with Crippen LogP contribution in [0.15, 0.2) is 96.3 Å². The van der Waals surface area contributed by atoms with Crippen molar-refractivity contribution in [3.63, 3.8) is 0 Å². The van der Waals surface area contributed by atoms with Gasteiger partial charge >= 0.3 is 23.9 Å². The van der Waals surface area contributed by atoms with Crippen molar-refractivity contribution in [3.05, 3.63) is 107 Å². The zero-order valence-corrected chi connectivity index (χ0v) is 34.9. The van der Waals surface area contributed by atoms with Crippen LogP contribution in [0.4, 0.5) is 11.4 Å². The summed E-state index contributed by atoms with van der Waals surface area (Å²) in [6.45, 7) is 12.0. The SMILES string of the molecule is CC(/C=C/C=C1/N(CCCCC(=O)NC(CC(=O)O)C(=O)O)c2ccccc2C1(C)C)=C\C=C\C1=[N+](CCCCC(=O)NC(CC(=O)O)C(=O)O)c2ccccc2C1(C)C. The minimum absolute atomic E-state index is 0.0751. The van der Waals surface area contributed by atoms with Gasteiger partial charge < -0.3 is 36.0 Å². The second kappa shape index (κ2) is 20.6. The predicted molar refractivity (Wildman–Crippen MR) is 228 cm³/mol. The highest BCUT2D eigenvalue weighted by Gasteiger charge is 2.44. The molecule has 2 atom stereocenters.